The van der Waals surface area contributed by atoms with Gasteiger partial charge in [0.2, 0.25) is 0 Å². The summed E-state index contributed by atoms with van der Waals surface area (Å²) in [4.78, 5) is 13.8. The van der Waals surface area contributed by atoms with Crippen molar-refractivity contribution in [3.63, 3.8) is 0 Å². The van der Waals surface area contributed by atoms with E-state index in [9.17, 15) is 9.18 Å². The molecule has 0 unspecified atom stereocenters. The normalized spacial score (nSPS) is 10.4. The van der Waals surface area contributed by atoms with Gasteiger partial charge in [-0.3, -0.25) is 4.79 Å². The van der Waals surface area contributed by atoms with Gasteiger partial charge in [-0.15, -0.1) is 0 Å². The molecule has 0 bridgehead atoms. The van der Waals surface area contributed by atoms with Gasteiger partial charge in [0.15, 0.2) is 0 Å². The number of carbonyl (C=O) groups is 1. The van der Waals surface area contributed by atoms with Crippen LogP contribution in [0.2, 0.25) is 0 Å². The number of benzene rings is 1. The third-order valence-corrected chi connectivity index (χ3v) is 2.58. The van der Waals surface area contributed by atoms with Crippen LogP contribution < -0.4 is 5.73 Å². The number of halogens is 1. The van der Waals surface area contributed by atoms with Crippen LogP contribution in [0.25, 0.3) is 0 Å². The van der Waals surface area contributed by atoms with Gasteiger partial charge in [-0.05, 0) is 37.1 Å². The van der Waals surface area contributed by atoms with Gasteiger partial charge in [0, 0.05) is 25.2 Å². The predicted molar refractivity (Wildman–Crippen MR) is 66.4 cm³/mol. The lowest BCUT2D eigenvalue weighted by atomic mass is 10.1. The van der Waals surface area contributed by atoms with E-state index in [0.717, 1.165) is 6.42 Å². The summed E-state index contributed by atoms with van der Waals surface area (Å²) < 4.78 is 13.1. The summed E-state index contributed by atoms with van der Waals surface area (Å²) in [5.41, 5.74) is 6.48. The lowest BCUT2D eigenvalue weighted by Gasteiger charge is -2.21. The lowest BCUT2D eigenvalue weighted by molar-refractivity contribution is 0.0760. The van der Waals surface area contributed by atoms with Crippen molar-refractivity contribution in [1.29, 1.82) is 0 Å². The van der Waals surface area contributed by atoms with Crippen molar-refractivity contribution in [1.82, 2.24) is 4.90 Å². The van der Waals surface area contributed by atoms with E-state index < -0.39 is 0 Å². The van der Waals surface area contributed by atoms with Crippen LogP contribution in [0.15, 0.2) is 18.2 Å². The van der Waals surface area contributed by atoms with E-state index in [-0.39, 0.29) is 11.7 Å². The molecule has 1 rings (SSSR count). The SMILES string of the molecule is CCCN(CCN)C(=O)c1ccc(F)c(C)c1. The average molecular weight is 238 g/mol. The molecule has 0 spiro atoms. The topological polar surface area (TPSA) is 46.3 Å². The maximum Gasteiger partial charge on any atom is 0.253 e. The molecule has 17 heavy (non-hydrogen) atoms. The maximum absolute atomic E-state index is 13.1. The van der Waals surface area contributed by atoms with Gasteiger partial charge in [0.05, 0.1) is 0 Å². The minimum Gasteiger partial charge on any atom is -0.337 e. The summed E-state index contributed by atoms with van der Waals surface area (Å²) in [6, 6.07) is 4.43. The Balaban J connectivity index is 2.88. The highest BCUT2D eigenvalue weighted by Crippen LogP contribution is 2.11. The molecule has 0 aromatic heterocycles. The Morgan fingerprint density at radius 3 is 2.65 bits per heavy atom. The minimum absolute atomic E-state index is 0.0830. The molecule has 0 aliphatic rings. The molecule has 0 saturated heterocycles. The summed E-state index contributed by atoms with van der Waals surface area (Å²) in [6.45, 7) is 5.30. The van der Waals surface area contributed by atoms with E-state index in [1.54, 1.807) is 17.9 Å². The Morgan fingerprint density at radius 2 is 2.12 bits per heavy atom. The molecular formula is C13H19FN2O. The first-order valence-corrected chi connectivity index (χ1v) is 5.85. The minimum atomic E-state index is -0.289. The van der Waals surface area contributed by atoms with Crippen molar-refractivity contribution in [2.75, 3.05) is 19.6 Å². The monoisotopic (exact) mass is 238 g/mol. The summed E-state index contributed by atoms with van der Waals surface area (Å²) in [5, 5.41) is 0. The van der Waals surface area contributed by atoms with Gasteiger partial charge in [-0.1, -0.05) is 6.92 Å². The van der Waals surface area contributed by atoms with E-state index in [4.69, 9.17) is 5.73 Å². The van der Waals surface area contributed by atoms with Crippen molar-refractivity contribution in [2.24, 2.45) is 5.73 Å². The molecule has 0 radical (unpaired) electrons. The molecule has 0 saturated carbocycles. The van der Waals surface area contributed by atoms with Crippen LogP contribution in [-0.4, -0.2) is 30.4 Å². The lowest BCUT2D eigenvalue weighted by Crippen LogP contribution is -2.36. The smallest absolute Gasteiger partial charge is 0.253 e. The van der Waals surface area contributed by atoms with Crippen molar-refractivity contribution >= 4 is 5.91 Å². The fourth-order valence-electron chi connectivity index (χ4n) is 1.70. The quantitative estimate of drug-likeness (QED) is 0.852. The Kier molecular flexibility index (Phi) is 5.10. The van der Waals surface area contributed by atoms with Crippen LogP contribution in [0.1, 0.15) is 29.3 Å². The third-order valence-electron chi connectivity index (χ3n) is 2.58. The zero-order chi connectivity index (χ0) is 12.8. The van der Waals surface area contributed by atoms with Crippen LogP contribution in [0.4, 0.5) is 4.39 Å². The second kappa shape index (κ2) is 6.35. The molecule has 0 heterocycles. The summed E-state index contributed by atoms with van der Waals surface area (Å²) in [7, 11) is 0. The van der Waals surface area contributed by atoms with Gasteiger partial charge in [-0.25, -0.2) is 4.39 Å². The Hall–Kier alpha value is -1.42. The fourth-order valence-corrected chi connectivity index (χ4v) is 1.70. The van der Waals surface area contributed by atoms with Gasteiger partial charge < -0.3 is 10.6 Å². The van der Waals surface area contributed by atoms with Crippen LogP contribution in [0.5, 0.6) is 0 Å². The fraction of sp³-hybridized carbons (Fsp3) is 0.462. The molecule has 94 valence electrons. The van der Waals surface area contributed by atoms with Gasteiger partial charge in [-0.2, -0.15) is 0 Å². The number of nitrogens with two attached hydrogens (primary N) is 1. The average Bonchev–Trinajstić information content (AvgIpc) is 2.31. The molecule has 1 aromatic rings. The van der Waals surface area contributed by atoms with E-state index in [1.165, 1.54) is 12.1 Å². The van der Waals surface area contributed by atoms with Gasteiger partial charge >= 0.3 is 0 Å². The molecule has 2 N–H and O–H groups in total. The second-order valence-electron chi connectivity index (χ2n) is 4.04. The Labute approximate surface area is 101 Å². The van der Waals surface area contributed by atoms with Gasteiger partial charge in [0.1, 0.15) is 5.82 Å². The molecule has 0 fully saturated rings. The van der Waals surface area contributed by atoms with E-state index >= 15 is 0 Å². The second-order valence-corrected chi connectivity index (χ2v) is 4.04. The van der Waals surface area contributed by atoms with Crippen LogP contribution in [0, 0.1) is 12.7 Å². The standard InChI is InChI=1S/C13H19FN2O/c1-3-7-16(8-6-15)13(17)11-4-5-12(14)10(2)9-11/h4-5,9H,3,6-8,15H2,1-2H3. The molecule has 3 nitrogen and oxygen atoms in total. The Bertz CT molecular complexity index is 387. The molecular weight excluding hydrogens is 219 g/mol. The van der Waals surface area contributed by atoms with Crippen LogP contribution >= 0.6 is 0 Å². The number of nitrogens with zero attached hydrogens (tertiary/aromatic N) is 1. The first kappa shape index (κ1) is 13.6. The van der Waals surface area contributed by atoms with E-state index in [0.29, 0.717) is 30.8 Å². The molecule has 0 aliphatic heterocycles. The largest absolute Gasteiger partial charge is 0.337 e. The van der Waals surface area contributed by atoms with Crippen LogP contribution in [-0.2, 0) is 0 Å². The number of carbonyl (C=O) groups excluding carboxylic acids is 1. The molecule has 0 atom stereocenters. The molecule has 1 amide bonds. The Morgan fingerprint density at radius 1 is 1.41 bits per heavy atom. The zero-order valence-corrected chi connectivity index (χ0v) is 10.4. The van der Waals surface area contributed by atoms with E-state index in [2.05, 4.69) is 0 Å². The highest BCUT2D eigenvalue weighted by molar-refractivity contribution is 5.94. The first-order valence-electron chi connectivity index (χ1n) is 5.85. The number of amides is 1. The number of rotatable bonds is 5. The zero-order valence-electron chi connectivity index (χ0n) is 10.4. The molecule has 1 aromatic carbocycles. The van der Waals surface area contributed by atoms with Crippen LogP contribution in [0.3, 0.4) is 0 Å². The summed E-state index contributed by atoms with van der Waals surface area (Å²) in [6.07, 6.45) is 0.881. The molecule has 4 heteroatoms. The van der Waals surface area contributed by atoms with Crippen molar-refractivity contribution in [2.45, 2.75) is 20.3 Å². The number of aryl methyl sites for hydroxylation is 1. The van der Waals surface area contributed by atoms with Crippen molar-refractivity contribution in [3.05, 3.63) is 35.1 Å². The number of hydrogen-bond acceptors (Lipinski definition) is 2. The highest BCUT2D eigenvalue weighted by atomic mass is 19.1. The summed E-state index contributed by atoms with van der Waals surface area (Å²) >= 11 is 0. The number of hydrogen-bond donors (Lipinski definition) is 1. The molecule has 0 aliphatic carbocycles. The first-order chi connectivity index (χ1) is 8.10. The van der Waals surface area contributed by atoms with Gasteiger partial charge in [0.25, 0.3) is 5.91 Å². The highest BCUT2D eigenvalue weighted by Gasteiger charge is 2.14. The predicted octanol–water partition coefficient (Wildman–Crippen LogP) is 1.95. The maximum atomic E-state index is 13.1. The van der Waals surface area contributed by atoms with Crippen molar-refractivity contribution in [3.8, 4) is 0 Å². The van der Waals surface area contributed by atoms with E-state index in [1.807, 2.05) is 6.92 Å². The van der Waals surface area contributed by atoms with Crippen molar-refractivity contribution < 1.29 is 9.18 Å². The third kappa shape index (κ3) is 3.53. The summed E-state index contributed by atoms with van der Waals surface area (Å²) in [5.74, 6) is -0.372.